The van der Waals surface area contributed by atoms with Crippen LogP contribution in [0.5, 0.6) is 0 Å². The number of hydrogen-bond acceptors (Lipinski definition) is 17. The highest BCUT2D eigenvalue weighted by molar-refractivity contribution is 6.00. The topological polar surface area (TPSA) is 312 Å². The third kappa shape index (κ3) is 27.2. The fraction of sp³-hybridized carbons (Fsp3) is 0.838. The molecule has 2 rings (SSSR count). The molecule has 2 aliphatic rings. The fourth-order valence-electron chi connectivity index (χ4n) is 13.4. The standard InChI is InChI=1S/C74H132N10O16/c1-24-55-72(95)78(17)52(15)70(93)83(22)64(53(16)100-36-30-29-33-84-34-37-99-38-35-84)60(86)43-54(47(8)9)71(94)79(18)56(39-44(2)3)59(85)42-50(13)66(89)75-51(14)69(92)80(19)57(40-45(4)5)73(96)81(20)58(41-46(6)7)74(97)82(21)63(48(10)11)68(91)77-62(67(90)76-55)65(88)49(12)31-27-25-26-28-32-61(87)98-23/h44-58,62-65,88H,24-43H2,1-23H3,(H,75,89)(H,76,90)(H,77,91)/t49-,50-,51-,52-,53-,54+,55+,56+,57+,58+,62+,63+,64+,65-/m1/s1. The summed E-state index contributed by atoms with van der Waals surface area (Å²) in [4.78, 5) is 185. The number of morpholine rings is 1. The molecular formula is C74H132N10O16. The van der Waals surface area contributed by atoms with E-state index in [1.54, 1.807) is 55.4 Å². The SMILES string of the molecule is CC[C@@H]1NC(=O)[C@H]([C@H](O)[C@H](C)CCCCCCC(=O)OC)NC(=O)[C@H](C(C)C)N(C)C(=O)[C@H](CC(C)C)N(C)C(=O)[C@H](CC(C)C)N(C)C(=O)[C@@H](C)NC(=O)[C@H](C)CC(=O)[C@H](CC(C)C)N(C)C(=O)[C@H](C(C)C)CC(=O)[C@H]([C@@H](C)OCCCCN2CCOCC2)N(C)C(=O)[C@@H](C)N(C)C1=O. The lowest BCUT2D eigenvalue weighted by Gasteiger charge is -2.40. The van der Waals surface area contributed by atoms with Gasteiger partial charge in [-0.25, -0.2) is 0 Å². The molecule has 2 aliphatic heterocycles. The Morgan fingerprint density at radius 1 is 0.540 bits per heavy atom. The average Bonchev–Trinajstić information content (AvgIpc) is 0.811. The van der Waals surface area contributed by atoms with E-state index in [4.69, 9.17) is 14.2 Å². The molecule has 574 valence electrons. The smallest absolute Gasteiger partial charge is 0.305 e. The Morgan fingerprint density at radius 3 is 1.59 bits per heavy atom. The van der Waals surface area contributed by atoms with E-state index in [0.717, 1.165) is 31.0 Å². The minimum Gasteiger partial charge on any atom is -0.469 e. The van der Waals surface area contributed by atoms with Crippen molar-refractivity contribution in [3.63, 3.8) is 0 Å². The van der Waals surface area contributed by atoms with Crippen LogP contribution in [0, 0.1) is 47.3 Å². The number of unbranched alkanes of at least 4 members (excludes halogenated alkanes) is 4. The van der Waals surface area contributed by atoms with E-state index < -0.39 is 161 Å². The number of nitrogens with zero attached hydrogens (tertiary/aromatic N) is 7. The van der Waals surface area contributed by atoms with Crippen molar-refractivity contribution >= 4 is 70.7 Å². The number of amides is 9. The van der Waals surface area contributed by atoms with E-state index in [0.29, 0.717) is 51.7 Å². The summed E-state index contributed by atoms with van der Waals surface area (Å²) in [5.74, 6) is -11.5. The number of aliphatic hydroxyl groups is 1. The predicted octanol–water partition coefficient (Wildman–Crippen LogP) is 5.52. The normalized spacial score (nSPS) is 26.7. The van der Waals surface area contributed by atoms with Crippen molar-refractivity contribution in [2.24, 2.45) is 47.3 Å². The molecule has 0 radical (unpaired) electrons. The fourth-order valence-corrected chi connectivity index (χ4v) is 13.4. The highest BCUT2D eigenvalue weighted by Gasteiger charge is 2.45. The number of aliphatic hydroxyl groups excluding tert-OH is 1. The zero-order valence-electron chi connectivity index (χ0n) is 65.3. The van der Waals surface area contributed by atoms with Gasteiger partial charge in [-0.15, -0.1) is 0 Å². The van der Waals surface area contributed by atoms with Crippen LogP contribution in [0.2, 0.25) is 0 Å². The van der Waals surface area contributed by atoms with E-state index >= 15 is 33.6 Å². The molecule has 26 nitrogen and oxygen atoms in total. The van der Waals surface area contributed by atoms with Gasteiger partial charge in [0.1, 0.15) is 48.3 Å². The number of rotatable bonds is 25. The molecule has 2 fully saturated rings. The summed E-state index contributed by atoms with van der Waals surface area (Å²) < 4.78 is 16.7. The highest BCUT2D eigenvalue weighted by Crippen LogP contribution is 2.28. The van der Waals surface area contributed by atoms with E-state index in [1.165, 1.54) is 87.7 Å². The Hall–Kier alpha value is -6.12. The number of ether oxygens (including phenoxy) is 3. The summed E-state index contributed by atoms with van der Waals surface area (Å²) in [6.07, 6.45) is 1.86. The van der Waals surface area contributed by atoms with E-state index in [2.05, 4.69) is 20.9 Å². The molecule has 2 heterocycles. The number of esters is 1. The second-order valence-electron chi connectivity index (χ2n) is 30.5. The van der Waals surface area contributed by atoms with Crippen molar-refractivity contribution < 1.29 is 76.9 Å². The second-order valence-corrected chi connectivity index (χ2v) is 30.5. The predicted molar refractivity (Wildman–Crippen MR) is 384 cm³/mol. The van der Waals surface area contributed by atoms with Crippen LogP contribution in [-0.4, -0.2) is 266 Å². The monoisotopic (exact) mass is 1420 g/mol. The van der Waals surface area contributed by atoms with Crippen LogP contribution < -0.4 is 16.0 Å². The summed E-state index contributed by atoms with van der Waals surface area (Å²) in [5, 5.41) is 20.6. The third-order valence-corrected chi connectivity index (χ3v) is 20.1. The molecule has 0 aliphatic carbocycles. The van der Waals surface area contributed by atoms with Crippen LogP contribution in [0.1, 0.15) is 201 Å². The van der Waals surface area contributed by atoms with Crippen LogP contribution in [0.3, 0.4) is 0 Å². The maximum atomic E-state index is 15.2. The first-order valence-corrected chi connectivity index (χ1v) is 36.9. The second kappa shape index (κ2) is 43.7. The molecule has 0 spiro atoms. The van der Waals surface area contributed by atoms with Crippen LogP contribution in [-0.2, 0) is 71.7 Å². The number of likely N-dealkylation sites (N-methyl/N-ethyl adjacent to an activating group) is 6. The van der Waals surface area contributed by atoms with Gasteiger partial charge in [-0.1, -0.05) is 109 Å². The largest absolute Gasteiger partial charge is 0.469 e. The Bertz CT molecular complexity index is 2670. The maximum Gasteiger partial charge on any atom is 0.305 e. The summed E-state index contributed by atoms with van der Waals surface area (Å²) >= 11 is 0. The quantitative estimate of drug-likeness (QED) is 0.0646. The van der Waals surface area contributed by atoms with Crippen molar-refractivity contribution in [1.29, 1.82) is 0 Å². The van der Waals surface area contributed by atoms with Gasteiger partial charge < -0.3 is 64.7 Å². The van der Waals surface area contributed by atoms with Crippen molar-refractivity contribution in [2.45, 2.75) is 267 Å². The number of methoxy groups -OCH3 is 1. The molecule has 9 amide bonds. The first-order chi connectivity index (χ1) is 46.7. The van der Waals surface area contributed by atoms with Crippen molar-refractivity contribution in [3.05, 3.63) is 0 Å². The lowest BCUT2D eigenvalue weighted by atomic mass is 9.85. The summed E-state index contributed by atoms with van der Waals surface area (Å²) in [6.45, 7) is 31.8. The van der Waals surface area contributed by atoms with Crippen LogP contribution in [0.4, 0.5) is 0 Å². The van der Waals surface area contributed by atoms with Gasteiger partial charge in [-0.05, 0) is 114 Å². The molecule has 0 aromatic carbocycles. The zero-order valence-corrected chi connectivity index (χ0v) is 65.3. The lowest BCUT2D eigenvalue weighted by molar-refractivity contribution is -0.154. The van der Waals surface area contributed by atoms with Gasteiger partial charge >= 0.3 is 5.97 Å². The third-order valence-electron chi connectivity index (χ3n) is 20.1. The molecule has 0 aromatic heterocycles. The molecule has 0 aromatic rings. The Labute approximate surface area is 598 Å². The zero-order chi connectivity index (χ0) is 76.3. The van der Waals surface area contributed by atoms with Crippen molar-refractivity contribution in [3.8, 4) is 0 Å². The molecule has 0 bridgehead atoms. The first kappa shape index (κ1) is 90.0. The van der Waals surface area contributed by atoms with Crippen molar-refractivity contribution in [1.82, 2.24) is 50.2 Å². The number of carbonyl (C=O) groups excluding carboxylic acids is 12. The highest BCUT2D eigenvalue weighted by atomic mass is 16.5. The summed E-state index contributed by atoms with van der Waals surface area (Å²) in [5.41, 5.74) is 0. The van der Waals surface area contributed by atoms with E-state index in [9.17, 15) is 29.1 Å². The number of carbonyl (C=O) groups is 12. The minimum absolute atomic E-state index is 0.0197. The first-order valence-electron chi connectivity index (χ1n) is 36.9. The molecule has 26 heteroatoms. The van der Waals surface area contributed by atoms with Gasteiger partial charge in [0.05, 0.1) is 38.6 Å². The van der Waals surface area contributed by atoms with Gasteiger partial charge in [0.25, 0.3) is 0 Å². The van der Waals surface area contributed by atoms with E-state index in [-0.39, 0.29) is 75.3 Å². The van der Waals surface area contributed by atoms with Gasteiger partial charge in [0.15, 0.2) is 11.6 Å². The van der Waals surface area contributed by atoms with Gasteiger partial charge in [0, 0.05) is 93.1 Å². The van der Waals surface area contributed by atoms with Crippen LogP contribution >= 0.6 is 0 Å². The lowest BCUT2D eigenvalue weighted by Crippen LogP contribution is -2.63. The van der Waals surface area contributed by atoms with E-state index in [1.807, 2.05) is 41.5 Å². The average molecular weight is 1420 g/mol. The number of ketones is 2. The number of Topliss-reactive ketones (excluding diaryl/α,β-unsaturated/α-hetero) is 2. The Balaban J connectivity index is 2.98. The minimum atomic E-state index is -1.71. The molecule has 2 saturated heterocycles. The number of nitrogens with one attached hydrogen (secondary N) is 3. The summed E-state index contributed by atoms with van der Waals surface area (Å²) in [7, 11) is 9.99. The van der Waals surface area contributed by atoms with Crippen LogP contribution in [0.25, 0.3) is 0 Å². The maximum absolute atomic E-state index is 15.2. The molecule has 4 N–H and O–H groups in total. The molecule has 0 unspecified atom stereocenters. The molecule has 14 atom stereocenters. The molecular weight excluding hydrogens is 1280 g/mol. The number of hydrogen-bond donors (Lipinski definition) is 4. The molecule has 100 heavy (non-hydrogen) atoms. The van der Waals surface area contributed by atoms with Gasteiger partial charge in [0.2, 0.25) is 53.2 Å². The Morgan fingerprint density at radius 2 is 1.06 bits per heavy atom. The van der Waals surface area contributed by atoms with Crippen LogP contribution in [0.15, 0.2) is 0 Å². The Kier molecular flexibility index (Phi) is 39.4. The summed E-state index contributed by atoms with van der Waals surface area (Å²) in [6, 6.07) is -11.5. The molecule has 0 saturated carbocycles. The van der Waals surface area contributed by atoms with Gasteiger partial charge in [-0.2, -0.15) is 0 Å². The van der Waals surface area contributed by atoms with Gasteiger partial charge in [-0.3, -0.25) is 62.4 Å². The van der Waals surface area contributed by atoms with Crippen molar-refractivity contribution in [2.75, 3.05) is 88.9 Å².